The van der Waals surface area contributed by atoms with Crippen molar-refractivity contribution in [3.63, 3.8) is 0 Å². The van der Waals surface area contributed by atoms with Crippen LogP contribution in [0.25, 0.3) is 0 Å². The summed E-state index contributed by atoms with van der Waals surface area (Å²) in [5.74, 6) is -0.206. The van der Waals surface area contributed by atoms with E-state index in [2.05, 4.69) is 13.8 Å². The van der Waals surface area contributed by atoms with E-state index in [-0.39, 0.29) is 30.1 Å². The molecule has 4 atom stereocenters. The van der Waals surface area contributed by atoms with Crippen molar-refractivity contribution in [2.75, 3.05) is 6.61 Å². The summed E-state index contributed by atoms with van der Waals surface area (Å²) in [6.45, 7) is 4.82. The zero-order chi connectivity index (χ0) is 14.8. The zero-order valence-electron chi connectivity index (χ0n) is 12.6. The number of hydrogen-bond acceptors (Lipinski definition) is 4. The quantitative estimate of drug-likeness (QED) is 0.797. The Kier molecular flexibility index (Phi) is 5.04. The molecular weight excluding hydrogens is 256 g/mol. The van der Waals surface area contributed by atoms with E-state index in [9.17, 15) is 4.79 Å². The van der Waals surface area contributed by atoms with Gasteiger partial charge in [0.05, 0.1) is 23.9 Å². The first-order valence-corrected chi connectivity index (χ1v) is 7.77. The minimum absolute atomic E-state index is 0.162. The molecule has 0 spiro atoms. The number of ether oxygens (including phenoxy) is 2. The van der Waals surface area contributed by atoms with E-state index in [4.69, 9.17) is 20.9 Å². The SMILES string of the molecule is CC1CC(OCCC2CCCC2(N)C(N)=O)CC(C)O1. The van der Waals surface area contributed by atoms with Crippen LogP contribution in [-0.2, 0) is 14.3 Å². The summed E-state index contributed by atoms with van der Waals surface area (Å²) in [5.41, 5.74) is 10.8. The van der Waals surface area contributed by atoms with Crippen LogP contribution in [0, 0.1) is 5.92 Å². The molecule has 1 aliphatic heterocycles. The summed E-state index contributed by atoms with van der Waals surface area (Å²) in [6.07, 6.45) is 6.15. The van der Waals surface area contributed by atoms with Crippen LogP contribution in [0.2, 0.25) is 0 Å². The number of carbonyl (C=O) groups excluding carboxylic acids is 1. The zero-order valence-corrected chi connectivity index (χ0v) is 12.6. The van der Waals surface area contributed by atoms with Gasteiger partial charge in [0, 0.05) is 6.61 Å². The maximum absolute atomic E-state index is 11.5. The first kappa shape index (κ1) is 15.7. The number of carbonyl (C=O) groups is 1. The van der Waals surface area contributed by atoms with Gasteiger partial charge in [-0.05, 0) is 51.9 Å². The molecule has 5 nitrogen and oxygen atoms in total. The molecule has 0 aromatic carbocycles. The molecule has 4 unspecified atom stereocenters. The summed E-state index contributed by atoms with van der Waals surface area (Å²) in [4.78, 5) is 11.5. The fraction of sp³-hybridized carbons (Fsp3) is 0.933. The first-order valence-electron chi connectivity index (χ1n) is 7.77. The summed E-state index contributed by atoms with van der Waals surface area (Å²) in [5, 5.41) is 0. The van der Waals surface area contributed by atoms with Crippen LogP contribution in [0.3, 0.4) is 0 Å². The maximum atomic E-state index is 11.5. The molecule has 2 aliphatic rings. The average molecular weight is 284 g/mol. The second kappa shape index (κ2) is 6.41. The third kappa shape index (κ3) is 3.51. The highest BCUT2D eigenvalue weighted by Crippen LogP contribution is 2.36. The predicted octanol–water partition coefficient (Wildman–Crippen LogP) is 1.33. The second-order valence-electron chi connectivity index (χ2n) is 6.50. The Morgan fingerprint density at radius 1 is 1.35 bits per heavy atom. The van der Waals surface area contributed by atoms with Gasteiger partial charge in [0.2, 0.25) is 5.91 Å². The van der Waals surface area contributed by atoms with E-state index < -0.39 is 5.54 Å². The monoisotopic (exact) mass is 284 g/mol. The number of primary amides is 1. The number of nitrogens with two attached hydrogens (primary N) is 2. The standard InChI is InChI=1S/C15H28N2O3/c1-10-8-13(9-11(2)20-10)19-7-5-12-4-3-6-15(12,17)14(16)18/h10-13H,3-9,17H2,1-2H3,(H2,16,18). The summed E-state index contributed by atoms with van der Waals surface area (Å²) in [7, 11) is 0. The molecular formula is C15H28N2O3. The maximum Gasteiger partial charge on any atom is 0.237 e. The highest BCUT2D eigenvalue weighted by Gasteiger charge is 2.44. The van der Waals surface area contributed by atoms with Crippen molar-refractivity contribution in [1.29, 1.82) is 0 Å². The van der Waals surface area contributed by atoms with Crippen LogP contribution in [-0.4, -0.2) is 36.4 Å². The fourth-order valence-corrected chi connectivity index (χ4v) is 3.69. The Bertz CT molecular complexity index is 340. The molecule has 1 amide bonds. The van der Waals surface area contributed by atoms with E-state index in [0.717, 1.165) is 32.1 Å². The Balaban J connectivity index is 1.77. The van der Waals surface area contributed by atoms with Gasteiger partial charge < -0.3 is 20.9 Å². The topological polar surface area (TPSA) is 87.6 Å². The van der Waals surface area contributed by atoms with Gasteiger partial charge in [0.15, 0.2) is 0 Å². The van der Waals surface area contributed by atoms with E-state index in [0.29, 0.717) is 13.0 Å². The Morgan fingerprint density at radius 3 is 2.60 bits per heavy atom. The van der Waals surface area contributed by atoms with Crippen molar-refractivity contribution in [2.24, 2.45) is 17.4 Å². The Hall–Kier alpha value is -0.650. The van der Waals surface area contributed by atoms with Crippen LogP contribution in [0.15, 0.2) is 0 Å². The molecule has 0 bridgehead atoms. The summed E-state index contributed by atoms with van der Waals surface area (Å²) < 4.78 is 11.7. The van der Waals surface area contributed by atoms with Crippen LogP contribution < -0.4 is 11.5 Å². The molecule has 1 heterocycles. The van der Waals surface area contributed by atoms with Crippen molar-refractivity contribution >= 4 is 5.91 Å². The van der Waals surface area contributed by atoms with Gasteiger partial charge in [0.1, 0.15) is 0 Å². The third-order valence-electron chi connectivity index (χ3n) is 4.80. The van der Waals surface area contributed by atoms with Crippen LogP contribution in [0.4, 0.5) is 0 Å². The van der Waals surface area contributed by atoms with Crippen molar-refractivity contribution < 1.29 is 14.3 Å². The molecule has 0 aromatic rings. The van der Waals surface area contributed by atoms with Gasteiger partial charge >= 0.3 is 0 Å². The third-order valence-corrected chi connectivity index (χ3v) is 4.80. The molecule has 4 N–H and O–H groups in total. The van der Waals surface area contributed by atoms with E-state index in [1.807, 2.05) is 0 Å². The lowest BCUT2D eigenvalue weighted by molar-refractivity contribution is -0.125. The molecule has 0 radical (unpaired) electrons. The van der Waals surface area contributed by atoms with Gasteiger partial charge in [-0.3, -0.25) is 4.79 Å². The minimum atomic E-state index is -0.820. The summed E-state index contributed by atoms with van der Waals surface area (Å²) >= 11 is 0. The van der Waals surface area contributed by atoms with Crippen molar-refractivity contribution in [1.82, 2.24) is 0 Å². The molecule has 116 valence electrons. The highest BCUT2D eigenvalue weighted by molar-refractivity contribution is 5.85. The average Bonchev–Trinajstić information content (AvgIpc) is 2.71. The molecule has 1 saturated carbocycles. The van der Waals surface area contributed by atoms with Gasteiger partial charge in [-0.2, -0.15) is 0 Å². The molecule has 1 saturated heterocycles. The first-order chi connectivity index (χ1) is 9.41. The number of hydrogen-bond donors (Lipinski definition) is 2. The van der Waals surface area contributed by atoms with Gasteiger partial charge in [0.25, 0.3) is 0 Å². The lowest BCUT2D eigenvalue weighted by Gasteiger charge is -2.33. The van der Waals surface area contributed by atoms with Crippen molar-refractivity contribution in [2.45, 2.75) is 76.2 Å². The molecule has 2 rings (SSSR count). The van der Waals surface area contributed by atoms with E-state index in [1.54, 1.807) is 0 Å². The van der Waals surface area contributed by atoms with Crippen molar-refractivity contribution in [3.05, 3.63) is 0 Å². The molecule has 5 heteroatoms. The van der Waals surface area contributed by atoms with Gasteiger partial charge in [-0.15, -0.1) is 0 Å². The van der Waals surface area contributed by atoms with Crippen LogP contribution in [0.5, 0.6) is 0 Å². The largest absolute Gasteiger partial charge is 0.378 e. The highest BCUT2D eigenvalue weighted by atomic mass is 16.5. The smallest absolute Gasteiger partial charge is 0.237 e. The Labute approximate surface area is 121 Å². The second-order valence-corrected chi connectivity index (χ2v) is 6.50. The van der Waals surface area contributed by atoms with Gasteiger partial charge in [-0.25, -0.2) is 0 Å². The lowest BCUT2D eigenvalue weighted by Crippen LogP contribution is -2.54. The number of rotatable bonds is 5. The molecule has 1 aliphatic carbocycles. The van der Waals surface area contributed by atoms with E-state index in [1.165, 1.54) is 0 Å². The predicted molar refractivity (Wildman–Crippen MR) is 77.1 cm³/mol. The number of amides is 1. The minimum Gasteiger partial charge on any atom is -0.378 e. The fourth-order valence-electron chi connectivity index (χ4n) is 3.69. The lowest BCUT2D eigenvalue weighted by atomic mass is 9.85. The van der Waals surface area contributed by atoms with Crippen molar-refractivity contribution in [3.8, 4) is 0 Å². The molecule has 2 fully saturated rings. The van der Waals surface area contributed by atoms with Crippen LogP contribution >= 0.6 is 0 Å². The summed E-state index contributed by atoms with van der Waals surface area (Å²) in [6, 6.07) is 0. The van der Waals surface area contributed by atoms with Crippen LogP contribution in [0.1, 0.15) is 52.4 Å². The normalized spacial score (nSPS) is 41.8. The Morgan fingerprint density at radius 2 is 2.00 bits per heavy atom. The van der Waals surface area contributed by atoms with Gasteiger partial charge in [-0.1, -0.05) is 6.42 Å². The molecule has 20 heavy (non-hydrogen) atoms. The molecule has 0 aromatic heterocycles. The van der Waals surface area contributed by atoms with E-state index >= 15 is 0 Å².